The first-order valence-electron chi connectivity index (χ1n) is 16.2. The van der Waals surface area contributed by atoms with Gasteiger partial charge in [-0.25, -0.2) is 0 Å². The molecule has 0 atom stereocenters. The van der Waals surface area contributed by atoms with Crippen LogP contribution >= 0.6 is 0 Å². The molecule has 0 fully saturated rings. The third kappa shape index (κ3) is 3.97. The lowest BCUT2D eigenvalue weighted by atomic mass is 9.86. The Labute approximate surface area is 272 Å². The molecule has 1 nitrogen and oxygen atoms in total. The van der Waals surface area contributed by atoms with Gasteiger partial charge in [-0.2, -0.15) is 0 Å². The molecule has 1 heterocycles. The Hall–Kier alpha value is -6.18. The van der Waals surface area contributed by atoms with Crippen LogP contribution in [0.3, 0.4) is 0 Å². The Morgan fingerprint density at radius 3 is 1.64 bits per heavy atom. The zero-order valence-electron chi connectivity index (χ0n) is 25.6. The average Bonchev–Trinajstić information content (AvgIpc) is 3.54. The summed E-state index contributed by atoms with van der Waals surface area (Å²) in [5, 5.41) is 10.00. The topological polar surface area (TPSA) is 13.1 Å². The van der Waals surface area contributed by atoms with Gasteiger partial charge in [-0.05, 0) is 83.4 Å². The highest BCUT2D eigenvalue weighted by molar-refractivity contribution is 6.29. The minimum Gasteiger partial charge on any atom is -0.455 e. The van der Waals surface area contributed by atoms with Crippen LogP contribution in [0.1, 0.15) is 0 Å². The normalized spacial score (nSPS) is 11.8. The highest BCUT2D eigenvalue weighted by atomic mass is 16.3. The summed E-state index contributed by atoms with van der Waals surface area (Å²) in [5.74, 6) is 0. The highest BCUT2D eigenvalue weighted by Gasteiger charge is 2.19. The molecule has 0 spiro atoms. The number of para-hydroxylation sites is 1. The Bertz CT molecular complexity index is 2770. The quantitative estimate of drug-likeness (QED) is 0.184. The molecule has 0 aliphatic rings. The fourth-order valence-corrected chi connectivity index (χ4v) is 7.70. The summed E-state index contributed by atoms with van der Waals surface area (Å²) in [4.78, 5) is 0. The maximum Gasteiger partial charge on any atom is 0.143 e. The van der Waals surface area contributed by atoms with Crippen molar-refractivity contribution in [2.75, 3.05) is 0 Å². The van der Waals surface area contributed by atoms with E-state index in [1.54, 1.807) is 0 Å². The second kappa shape index (κ2) is 10.2. The van der Waals surface area contributed by atoms with Crippen LogP contribution in [-0.2, 0) is 0 Å². The molecule has 1 aromatic heterocycles. The number of fused-ring (bicyclic) bond motifs is 3. The summed E-state index contributed by atoms with van der Waals surface area (Å²) in [7, 11) is 0. The van der Waals surface area contributed by atoms with Crippen LogP contribution in [0.5, 0.6) is 0 Å². The lowest BCUT2D eigenvalue weighted by Crippen LogP contribution is -1.90. The number of furan rings is 1. The maximum atomic E-state index is 6.63. The maximum absolute atomic E-state index is 6.63. The number of benzene rings is 9. The summed E-state index contributed by atoms with van der Waals surface area (Å²) in [6.07, 6.45) is 0. The summed E-state index contributed by atoms with van der Waals surface area (Å²) >= 11 is 0. The van der Waals surface area contributed by atoms with Gasteiger partial charge in [0, 0.05) is 16.3 Å². The van der Waals surface area contributed by atoms with E-state index in [0.29, 0.717) is 0 Å². The van der Waals surface area contributed by atoms with Crippen LogP contribution < -0.4 is 0 Å². The molecule has 0 aliphatic carbocycles. The van der Waals surface area contributed by atoms with Crippen LogP contribution in [-0.4, -0.2) is 0 Å². The number of hydrogen-bond donors (Lipinski definition) is 0. The minimum absolute atomic E-state index is 0.909. The largest absolute Gasteiger partial charge is 0.455 e. The third-order valence-electron chi connectivity index (χ3n) is 9.84. The van der Waals surface area contributed by atoms with Gasteiger partial charge in [-0.3, -0.25) is 0 Å². The van der Waals surface area contributed by atoms with Gasteiger partial charge in [0.15, 0.2) is 0 Å². The Morgan fingerprint density at radius 2 is 0.872 bits per heavy atom. The van der Waals surface area contributed by atoms with Gasteiger partial charge in [0.1, 0.15) is 11.2 Å². The van der Waals surface area contributed by atoms with Gasteiger partial charge in [-0.15, -0.1) is 0 Å². The third-order valence-corrected chi connectivity index (χ3v) is 9.84. The number of hydrogen-bond acceptors (Lipinski definition) is 1. The van der Waals surface area contributed by atoms with Crippen molar-refractivity contribution < 1.29 is 4.42 Å². The standard InChI is InChI=1S/C46H28O/c1-3-10-29(11-4-1)33-14-7-15-34(28-33)35-24-20-31-23-27-40-37(25-21-32-22-26-39(35)43(31)44(32)40)38-17-9-19-42-45(38)41-18-8-16-36(46(41)47-42)30-12-5-2-6-13-30/h1-28H. The van der Waals surface area contributed by atoms with Gasteiger partial charge in [0.05, 0.1) is 0 Å². The molecule has 0 N–H and O–H groups in total. The van der Waals surface area contributed by atoms with Gasteiger partial charge in [0.2, 0.25) is 0 Å². The van der Waals surface area contributed by atoms with Crippen LogP contribution in [0.15, 0.2) is 174 Å². The van der Waals surface area contributed by atoms with E-state index in [2.05, 4.69) is 170 Å². The van der Waals surface area contributed by atoms with Gasteiger partial charge < -0.3 is 4.42 Å². The van der Waals surface area contributed by atoms with E-state index in [-0.39, 0.29) is 0 Å². The first-order chi connectivity index (χ1) is 23.3. The summed E-state index contributed by atoms with van der Waals surface area (Å²) in [6.45, 7) is 0. The fraction of sp³-hybridized carbons (Fsp3) is 0. The van der Waals surface area contributed by atoms with Crippen molar-refractivity contribution in [1.29, 1.82) is 0 Å². The lowest BCUT2D eigenvalue weighted by Gasteiger charge is -2.17. The molecule has 218 valence electrons. The molecule has 0 saturated carbocycles. The summed E-state index contributed by atoms with van der Waals surface area (Å²) in [5.41, 5.74) is 11.5. The average molecular weight is 597 g/mol. The molecule has 0 aliphatic heterocycles. The Kier molecular flexibility index (Phi) is 5.64. The van der Waals surface area contributed by atoms with E-state index in [9.17, 15) is 0 Å². The van der Waals surface area contributed by atoms with Crippen molar-refractivity contribution in [1.82, 2.24) is 0 Å². The van der Waals surface area contributed by atoms with Gasteiger partial charge >= 0.3 is 0 Å². The van der Waals surface area contributed by atoms with Gasteiger partial charge in [-0.1, -0.05) is 158 Å². The SMILES string of the molecule is c1ccc(-c2cccc(-c3ccc4ccc5c(-c6cccc7oc8c(-c9ccccc9)cccc8c67)ccc6ccc3c4c65)c2)cc1. The van der Waals surface area contributed by atoms with Crippen molar-refractivity contribution in [2.24, 2.45) is 0 Å². The van der Waals surface area contributed by atoms with Crippen LogP contribution in [0, 0.1) is 0 Å². The van der Waals surface area contributed by atoms with Crippen molar-refractivity contribution >= 4 is 54.3 Å². The molecule has 1 heteroatoms. The van der Waals surface area contributed by atoms with E-state index in [1.807, 2.05) is 0 Å². The second-order valence-corrected chi connectivity index (χ2v) is 12.4. The number of rotatable bonds is 4. The smallest absolute Gasteiger partial charge is 0.143 e. The van der Waals surface area contributed by atoms with Crippen molar-refractivity contribution in [3.63, 3.8) is 0 Å². The minimum atomic E-state index is 0.909. The first-order valence-corrected chi connectivity index (χ1v) is 16.2. The van der Waals surface area contributed by atoms with E-state index in [0.717, 1.165) is 33.1 Å². The monoisotopic (exact) mass is 596 g/mol. The molecule has 0 radical (unpaired) electrons. The molecule has 0 saturated heterocycles. The summed E-state index contributed by atoms with van der Waals surface area (Å²) in [6, 6.07) is 61.4. The van der Waals surface area contributed by atoms with Crippen molar-refractivity contribution in [3.05, 3.63) is 170 Å². The summed E-state index contributed by atoms with van der Waals surface area (Å²) < 4.78 is 6.63. The van der Waals surface area contributed by atoms with Crippen LogP contribution in [0.4, 0.5) is 0 Å². The van der Waals surface area contributed by atoms with E-state index >= 15 is 0 Å². The van der Waals surface area contributed by atoms with Crippen molar-refractivity contribution in [2.45, 2.75) is 0 Å². The van der Waals surface area contributed by atoms with Crippen molar-refractivity contribution in [3.8, 4) is 44.5 Å². The molecule has 10 aromatic rings. The predicted molar refractivity (Wildman–Crippen MR) is 199 cm³/mol. The van der Waals surface area contributed by atoms with E-state index < -0.39 is 0 Å². The molecular formula is C46H28O. The van der Waals surface area contributed by atoms with E-state index in [1.165, 1.54) is 65.7 Å². The lowest BCUT2D eigenvalue weighted by molar-refractivity contribution is 0.670. The molecular weight excluding hydrogens is 569 g/mol. The molecule has 10 rings (SSSR count). The predicted octanol–water partition coefficient (Wildman–Crippen LogP) is 13.2. The molecule has 9 aromatic carbocycles. The first kappa shape index (κ1) is 26.1. The zero-order chi connectivity index (χ0) is 30.9. The van der Waals surface area contributed by atoms with Gasteiger partial charge in [0.25, 0.3) is 0 Å². The second-order valence-electron chi connectivity index (χ2n) is 12.4. The Balaban J connectivity index is 1.21. The highest BCUT2D eigenvalue weighted by Crippen LogP contribution is 2.46. The van der Waals surface area contributed by atoms with Crippen LogP contribution in [0.2, 0.25) is 0 Å². The van der Waals surface area contributed by atoms with E-state index in [4.69, 9.17) is 4.42 Å². The Morgan fingerprint density at radius 1 is 0.298 bits per heavy atom. The molecule has 0 unspecified atom stereocenters. The molecule has 0 amide bonds. The zero-order valence-corrected chi connectivity index (χ0v) is 25.6. The molecule has 0 bridgehead atoms. The fourth-order valence-electron chi connectivity index (χ4n) is 7.70. The van der Waals surface area contributed by atoms with Crippen LogP contribution in [0.25, 0.3) is 98.8 Å². The molecule has 47 heavy (non-hydrogen) atoms.